The van der Waals surface area contributed by atoms with E-state index in [1.165, 1.54) is 71.3 Å². The molecule has 7 rings (SSSR count). The Bertz CT molecular complexity index is 1950. The fourth-order valence-electron chi connectivity index (χ4n) is 6.07. The van der Waals surface area contributed by atoms with E-state index in [1.54, 1.807) is 0 Å². The number of benzene rings is 7. The van der Waals surface area contributed by atoms with E-state index < -0.39 is 0 Å². The molecule has 0 nitrogen and oxygen atoms in total. The Balaban J connectivity index is 1.51. The lowest BCUT2D eigenvalue weighted by Gasteiger charge is -2.20. The zero-order chi connectivity index (χ0) is 25.5. The van der Waals surface area contributed by atoms with Gasteiger partial charge in [-0.1, -0.05) is 140 Å². The van der Waals surface area contributed by atoms with Crippen molar-refractivity contribution in [3.8, 4) is 22.3 Å². The van der Waals surface area contributed by atoms with Crippen molar-refractivity contribution in [2.24, 2.45) is 0 Å². The van der Waals surface area contributed by atoms with Gasteiger partial charge in [-0.2, -0.15) is 0 Å². The molecule has 0 bridgehead atoms. The average Bonchev–Trinajstić information content (AvgIpc) is 2.97. The van der Waals surface area contributed by atoms with Crippen LogP contribution in [-0.2, 0) is 6.42 Å². The molecule has 0 saturated carbocycles. The molecule has 0 aromatic heterocycles. The standard InChI is InChI=1S/C38H28/c1-26-21-22-28-12-3-8-19-34(28)37(26)38-35-20-9-4-13-29(35)23-24-36(38)33-18-7-5-14-31(33)25-30-16-10-15-27-11-2-6-17-32(27)30/h2-24H,25H2,1H3. The van der Waals surface area contributed by atoms with Crippen LogP contribution in [-0.4, -0.2) is 0 Å². The van der Waals surface area contributed by atoms with Gasteiger partial charge in [-0.3, -0.25) is 0 Å². The third-order valence-electron chi connectivity index (χ3n) is 7.88. The molecule has 0 spiro atoms. The smallest absolute Gasteiger partial charge is 0.00135 e. The van der Waals surface area contributed by atoms with Gasteiger partial charge >= 0.3 is 0 Å². The molecule has 0 atom stereocenters. The highest BCUT2D eigenvalue weighted by molar-refractivity contribution is 6.11. The van der Waals surface area contributed by atoms with Crippen LogP contribution in [0, 0.1) is 6.92 Å². The van der Waals surface area contributed by atoms with E-state index in [1.807, 2.05) is 0 Å². The number of rotatable bonds is 4. The van der Waals surface area contributed by atoms with Gasteiger partial charge in [-0.05, 0) is 84.6 Å². The Morgan fingerprint density at radius 3 is 1.66 bits per heavy atom. The molecule has 180 valence electrons. The summed E-state index contributed by atoms with van der Waals surface area (Å²) in [5.74, 6) is 0. The molecule has 0 aliphatic rings. The lowest BCUT2D eigenvalue weighted by molar-refractivity contribution is 1.22. The molecule has 0 unspecified atom stereocenters. The molecule has 0 heterocycles. The monoisotopic (exact) mass is 484 g/mol. The lowest BCUT2D eigenvalue weighted by Crippen LogP contribution is -1.97. The van der Waals surface area contributed by atoms with Gasteiger partial charge in [-0.25, -0.2) is 0 Å². The summed E-state index contributed by atoms with van der Waals surface area (Å²) in [7, 11) is 0. The first-order chi connectivity index (χ1) is 18.8. The summed E-state index contributed by atoms with van der Waals surface area (Å²) < 4.78 is 0. The largest absolute Gasteiger partial charge is 0.0619 e. The molecule has 0 heteroatoms. The maximum Gasteiger partial charge on any atom is -0.00135 e. The Kier molecular flexibility index (Phi) is 5.52. The molecule has 0 radical (unpaired) electrons. The number of hydrogen-bond acceptors (Lipinski definition) is 0. The molecule has 0 aliphatic carbocycles. The van der Waals surface area contributed by atoms with Crippen LogP contribution >= 0.6 is 0 Å². The van der Waals surface area contributed by atoms with Crippen LogP contribution < -0.4 is 0 Å². The van der Waals surface area contributed by atoms with Crippen molar-refractivity contribution < 1.29 is 0 Å². The summed E-state index contributed by atoms with van der Waals surface area (Å²) >= 11 is 0. The molecule has 0 saturated heterocycles. The summed E-state index contributed by atoms with van der Waals surface area (Å²) in [5, 5.41) is 7.76. The van der Waals surface area contributed by atoms with Crippen LogP contribution in [0.15, 0.2) is 140 Å². The SMILES string of the molecule is Cc1ccc2ccccc2c1-c1c(-c2ccccc2Cc2cccc3ccccc23)ccc2ccccc12. The van der Waals surface area contributed by atoms with Crippen LogP contribution in [0.4, 0.5) is 0 Å². The van der Waals surface area contributed by atoms with E-state index in [4.69, 9.17) is 0 Å². The van der Waals surface area contributed by atoms with Gasteiger partial charge in [-0.15, -0.1) is 0 Å². The normalized spacial score (nSPS) is 11.4. The highest BCUT2D eigenvalue weighted by Crippen LogP contribution is 2.44. The minimum absolute atomic E-state index is 0.887. The second-order valence-corrected chi connectivity index (χ2v) is 10.2. The average molecular weight is 485 g/mol. The minimum Gasteiger partial charge on any atom is -0.0619 e. The van der Waals surface area contributed by atoms with Gasteiger partial charge in [0.2, 0.25) is 0 Å². The molecule has 0 aliphatic heterocycles. The van der Waals surface area contributed by atoms with Crippen LogP contribution in [0.5, 0.6) is 0 Å². The number of aryl methyl sites for hydroxylation is 1. The Morgan fingerprint density at radius 1 is 0.368 bits per heavy atom. The first-order valence-corrected chi connectivity index (χ1v) is 13.3. The molecule has 7 aromatic rings. The van der Waals surface area contributed by atoms with Crippen LogP contribution in [0.2, 0.25) is 0 Å². The van der Waals surface area contributed by atoms with Crippen molar-refractivity contribution in [2.45, 2.75) is 13.3 Å². The molecule has 0 N–H and O–H groups in total. The predicted molar refractivity (Wildman–Crippen MR) is 164 cm³/mol. The zero-order valence-electron chi connectivity index (χ0n) is 21.5. The Labute approximate surface area is 223 Å². The summed E-state index contributed by atoms with van der Waals surface area (Å²) in [6, 6.07) is 51.0. The zero-order valence-corrected chi connectivity index (χ0v) is 21.5. The second kappa shape index (κ2) is 9.32. The summed E-state index contributed by atoms with van der Waals surface area (Å²) in [6.07, 6.45) is 0.887. The molecule has 0 fully saturated rings. The quantitative estimate of drug-likeness (QED) is 0.233. The van der Waals surface area contributed by atoms with Gasteiger partial charge in [0.05, 0.1) is 0 Å². The van der Waals surface area contributed by atoms with Crippen LogP contribution in [0.3, 0.4) is 0 Å². The van der Waals surface area contributed by atoms with Gasteiger partial charge in [0.1, 0.15) is 0 Å². The fourth-order valence-corrected chi connectivity index (χ4v) is 6.07. The summed E-state index contributed by atoms with van der Waals surface area (Å²) in [5.41, 5.74) is 9.25. The molecular formula is C38H28. The van der Waals surface area contributed by atoms with Crippen molar-refractivity contribution >= 4 is 32.3 Å². The van der Waals surface area contributed by atoms with E-state index in [0.29, 0.717) is 0 Å². The van der Waals surface area contributed by atoms with E-state index in [9.17, 15) is 0 Å². The first kappa shape index (κ1) is 22.5. The number of fused-ring (bicyclic) bond motifs is 3. The second-order valence-electron chi connectivity index (χ2n) is 10.2. The first-order valence-electron chi connectivity index (χ1n) is 13.3. The third kappa shape index (κ3) is 3.78. The summed E-state index contributed by atoms with van der Waals surface area (Å²) in [6.45, 7) is 2.25. The van der Waals surface area contributed by atoms with E-state index in [0.717, 1.165) is 6.42 Å². The highest BCUT2D eigenvalue weighted by Gasteiger charge is 2.18. The maximum absolute atomic E-state index is 2.33. The van der Waals surface area contributed by atoms with Crippen molar-refractivity contribution in [1.82, 2.24) is 0 Å². The van der Waals surface area contributed by atoms with E-state index >= 15 is 0 Å². The highest BCUT2D eigenvalue weighted by atomic mass is 14.2. The van der Waals surface area contributed by atoms with Crippen molar-refractivity contribution in [2.75, 3.05) is 0 Å². The number of hydrogen-bond donors (Lipinski definition) is 0. The fraction of sp³-hybridized carbons (Fsp3) is 0.0526. The van der Waals surface area contributed by atoms with Gasteiger partial charge in [0.25, 0.3) is 0 Å². The van der Waals surface area contributed by atoms with Crippen molar-refractivity contribution in [1.29, 1.82) is 0 Å². The minimum atomic E-state index is 0.887. The van der Waals surface area contributed by atoms with Crippen LogP contribution in [0.1, 0.15) is 16.7 Å². The lowest BCUT2D eigenvalue weighted by atomic mass is 9.83. The molecule has 7 aromatic carbocycles. The molecule has 0 amide bonds. The van der Waals surface area contributed by atoms with Gasteiger partial charge < -0.3 is 0 Å². The third-order valence-corrected chi connectivity index (χ3v) is 7.88. The van der Waals surface area contributed by atoms with Crippen molar-refractivity contribution in [3.63, 3.8) is 0 Å². The Hall–Kier alpha value is -4.68. The summed E-state index contributed by atoms with van der Waals surface area (Å²) in [4.78, 5) is 0. The van der Waals surface area contributed by atoms with Gasteiger partial charge in [0.15, 0.2) is 0 Å². The van der Waals surface area contributed by atoms with E-state index in [2.05, 4.69) is 146 Å². The van der Waals surface area contributed by atoms with Crippen LogP contribution in [0.25, 0.3) is 54.6 Å². The van der Waals surface area contributed by atoms with Crippen molar-refractivity contribution in [3.05, 3.63) is 156 Å². The van der Waals surface area contributed by atoms with E-state index in [-0.39, 0.29) is 0 Å². The molecular weight excluding hydrogens is 456 g/mol. The van der Waals surface area contributed by atoms with Gasteiger partial charge in [0, 0.05) is 0 Å². The predicted octanol–water partition coefficient (Wildman–Crippen LogP) is 10.4. The topological polar surface area (TPSA) is 0 Å². The molecule has 38 heavy (non-hydrogen) atoms. The maximum atomic E-state index is 2.33. The Morgan fingerprint density at radius 2 is 0.895 bits per heavy atom.